The smallest absolute Gasteiger partial charge is 0.279 e. The molecule has 0 radical (unpaired) electrons. The molecule has 1 amide bonds. The van der Waals surface area contributed by atoms with E-state index < -0.39 is 27.5 Å². The zero-order chi connectivity index (χ0) is 21.4. The van der Waals surface area contributed by atoms with Crippen molar-refractivity contribution in [2.24, 2.45) is 5.73 Å². The summed E-state index contributed by atoms with van der Waals surface area (Å²) in [6.07, 6.45) is 0. The van der Waals surface area contributed by atoms with Crippen LogP contribution in [0.5, 0.6) is 0 Å². The van der Waals surface area contributed by atoms with E-state index in [4.69, 9.17) is 5.73 Å². The first kappa shape index (κ1) is 17.4. The minimum Gasteiger partial charge on any atom is -0.383 e. The number of aromatic nitrogens is 2. The lowest BCUT2D eigenvalue weighted by atomic mass is 9.84. The second kappa shape index (κ2) is 5.42. The predicted octanol–water partition coefficient (Wildman–Crippen LogP) is 0.432. The third kappa shape index (κ3) is 1.75. The van der Waals surface area contributed by atoms with E-state index in [0.29, 0.717) is 0 Å². The molecule has 3 N–H and O–H groups in total. The lowest BCUT2D eigenvalue weighted by Crippen LogP contribution is -2.50. The van der Waals surface area contributed by atoms with Crippen LogP contribution >= 0.6 is 0 Å². The van der Waals surface area contributed by atoms with Crippen molar-refractivity contribution in [3.63, 3.8) is 0 Å². The van der Waals surface area contributed by atoms with E-state index in [0.717, 1.165) is 21.5 Å². The summed E-state index contributed by atoms with van der Waals surface area (Å²) < 4.78 is 1.68. The highest BCUT2D eigenvalue weighted by Crippen LogP contribution is 2.47. The van der Waals surface area contributed by atoms with Gasteiger partial charge in [0.1, 0.15) is 17.5 Å². The number of nitro benzene ring substituents is 1. The number of fused-ring (bicyclic) bond motifs is 5. The van der Waals surface area contributed by atoms with Crippen LogP contribution in [0.1, 0.15) is 5.56 Å². The Kier molecular flexibility index (Phi) is 3.14. The molecule has 3 aromatic rings. The summed E-state index contributed by atoms with van der Waals surface area (Å²) in [5, 5.41) is 23.6. The van der Waals surface area contributed by atoms with Crippen LogP contribution in [0.25, 0.3) is 16.6 Å². The van der Waals surface area contributed by atoms with E-state index in [-0.39, 0.29) is 39.1 Å². The number of hydrogen-bond acceptors (Lipinski definition) is 7. The summed E-state index contributed by atoms with van der Waals surface area (Å²) in [4.78, 5) is 50.2. The first-order chi connectivity index (χ1) is 14.3. The van der Waals surface area contributed by atoms with Gasteiger partial charge in [-0.15, -0.1) is 0 Å². The third-order valence-electron chi connectivity index (χ3n) is 5.43. The molecule has 1 aromatic heterocycles. The monoisotopic (exact) mass is 402 g/mol. The minimum absolute atomic E-state index is 0.0493. The lowest BCUT2D eigenvalue weighted by molar-refractivity contribution is -0.384. The van der Waals surface area contributed by atoms with E-state index in [2.05, 4.69) is 5.32 Å². The number of non-ortho nitro benzene ring substituents is 1. The van der Waals surface area contributed by atoms with Crippen LogP contribution in [0.3, 0.4) is 0 Å². The Morgan fingerprint density at radius 3 is 2.40 bits per heavy atom. The van der Waals surface area contributed by atoms with Gasteiger partial charge in [0.15, 0.2) is 0 Å². The summed E-state index contributed by atoms with van der Waals surface area (Å²) in [7, 11) is 0. The highest BCUT2D eigenvalue weighted by atomic mass is 16.6. The molecule has 1 atom stereocenters. The van der Waals surface area contributed by atoms with Crippen LogP contribution in [0, 0.1) is 21.4 Å². The van der Waals surface area contributed by atoms with Gasteiger partial charge in [0, 0.05) is 17.7 Å². The van der Waals surface area contributed by atoms with Crippen LogP contribution in [-0.4, -0.2) is 20.2 Å². The summed E-state index contributed by atoms with van der Waals surface area (Å²) in [6.45, 7) is 0. The number of carbonyl (C=O) groups is 1. The fourth-order valence-electron chi connectivity index (χ4n) is 4.18. The molecule has 1 spiro atoms. The van der Waals surface area contributed by atoms with Crippen molar-refractivity contribution in [2.75, 3.05) is 5.32 Å². The number of hydrogen-bond donors (Lipinski definition) is 2. The van der Waals surface area contributed by atoms with Crippen LogP contribution in [-0.2, 0) is 10.3 Å². The van der Waals surface area contributed by atoms with Gasteiger partial charge >= 0.3 is 0 Å². The quantitative estimate of drug-likeness (QED) is 0.440. The molecule has 0 fully saturated rings. The molecule has 3 heterocycles. The van der Waals surface area contributed by atoms with Crippen molar-refractivity contribution >= 4 is 33.9 Å². The Bertz CT molecular complexity index is 1540. The lowest BCUT2D eigenvalue weighted by Gasteiger charge is -2.25. The van der Waals surface area contributed by atoms with Crippen molar-refractivity contribution in [1.29, 1.82) is 5.26 Å². The zero-order valence-corrected chi connectivity index (χ0v) is 14.9. The van der Waals surface area contributed by atoms with E-state index in [1.165, 1.54) is 18.2 Å². The average Bonchev–Trinajstić information content (AvgIpc) is 3.17. The zero-order valence-electron chi connectivity index (χ0n) is 14.9. The van der Waals surface area contributed by atoms with E-state index in [1.54, 1.807) is 12.1 Å². The molecule has 30 heavy (non-hydrogen) atoms. The predicted molar refractivity (Wildman–Crippen MR) is 104 cm³/mol. The highest BCUT2D eigenvalue weighted by Gasteiger charge is 2.59. The molecule has 2 aliphatic rings. The summed E-state index contributed by atoms with van der Waals surface area (Å²) in [6, 6.07) is 11.4. The number of nitro groups is 1. The standard InChI is InChI=1S/C19H10N6O5/c20-8-13-15(21)23-16(26)10-3-1-2-4-11(10)17(27)24(23)19(13)12-6-5-9(25(29)30)7-14(12)22-18(19)28/h1-7H,21H2,(H,22,28). The number of nitrogens with two attached hydrogens (primary N) is 1. The van der Waals surface area contributed by atoms with Gasteiger partial charge in [0.2, 0.25) is 5.54 Å². The van der Waals surface area contributed by atoms with Crippen LogP contribution in [0.15, 0.2) is 57.6 Å². The number of amides is 1. The van der Waals surface area contributed by atoms with Crippen molar-refractivity contribution in [2.45, 2.75) is 5.54 Å². The number of rotatable bonds is 1. The Morgan fingerprint density at radius 1 is 1.10 bits per heavy atom. The van der Waals surface area contributed by atoms with Gasteiger partial charge in [-0.3, -0.25) is 24.5 Å². The van der Waals surface area contributed by atoms with E-state index in [9.17, 15) is 29.8 Å². The molecule has 0 bridgehead atoms. The molecule has 0 saturated heterocycles. The SMILES string of the molecule is N#CC1=C(N)n2c(=O)c3ccccc3c(=O)n2C12C(=O)Nc1cc([N+](=O)[O-])ccc12. The summed E-state index contributed by atoms with van der Waals surface area (Å²) in [5.41, 5.74) is 2.21. The molecule has 0 saturated carbocycles. The van der Waals surface area contributed by atoms with Crippen molar-refractivity contribution in [1.82, 2.24) is 9.36 Å². The molecule has 11 nitrogen and oxygen atoms in total. The Balaban J connectivity index is 2.00. The molecular weight excluding hydrogens is 392 g/mol. The number of anilines is 1. The van der Waals surface area contributed by atoms with Crippen molar-refractivity contribution in [3.05, 3.63) is 84.4 Å². The average molecular weight is 402 g/mol. The summed E-state index contributed by atoms with van der Waals surface area (Å²) in [5.74, 6) is -1.17. The number of benzene rings is 2. The Labute approximate surface area is 166 Å². The van der Waals surface area contributed by atoms with Crippen LogP contribution in [0.2, 0.25) is 0 Å². The van der Waals surface area contributed by atoms with Gasteiger partial charge in [0.05, 0.1) is 21.4 Å². The number of nitrogens with zero attached hydrogens (tertiary/aromatic N) is 4. The summed E-state index contributed by atoms with van der Waals surface area (Å²) >= 11 is 0. The molecule has 1 unspecified atom stereocenters. The van der Waals surface area contributed by atoms with Gasteiger partial charge in [-0.25, -0.2) is 4.68 Å². The highest BCUT2D eigenvalue weighted by molar-refractivity contribution is 6.11. The van der Waals surface area contributed by atoms with Crippen LogP contribution in [0.4, 0.5) is 11.4 Å². The van der Waals surface area contributed by atoms with Gasteiger partial charge in [-0.05, 0) is 18.2 Å². The first-order valence-electron chi connectivity index (χ1n) is 8.62. The number of carbonyl (C=O) groups excluding carboxylic acids is 1. The molecular formula is C19H10N6O5. The molecule has 2 aromatic carbocycles. The van der Waals surface area contributed by atoms with Gasteiger partial charge in [-0.2, -0.15) is 9.94 Å². The van der Waals surface area contributed by atoms with Crippen LogP contribution < -0.4 is 22.2 Å². The second-order valence-electron chi connectivity index (χ2n) is 6.80. The largest absolute Gasteiger partial charge is 0.383 e. The third-order valence-corrected chi connectivity index (χ3v) is 5.43. The van der Waals surface area contributed by atoms with Gasteiger partial charge < -0.3 is 11.1 Å². The van der Waals surface area contributed by atoms with E-state index >= 15 is 0 Å². The molecule has 5 rings (SSSR count). The molecule has 146 valence electrons. The van der Waals surface area contributed by atoms with Crippen molar-refractivity contribution < 1.29 is 9.72 Å². The fraction of sp³-hybridized carbons (Fsp3) is 0.0526. The molecule has 0 aliphatic carbocycles. The fourth-order valence-corrected chi connectivity index (χ4v) is 4.18. The van der Waals surface area contributed by atoms with Crippen molar-refractivity contribution in [3.8, 4) is 6.07 Å². The minimum atomic E-state index is -2.05. The second-order valence-corrected chi connectivity index (χ2v) is 6.80. The normalized spacial score (nSPS) is 19.0. The maximum atomic E-state index is 13.4. The maximum Gasteiger partial charge on any atom is 0.279 e. The first-order valence-corrected chi connectivity index (χ1v) is 8.62. The molecule has 11 heteroatoms. The van der Waals surface area contributed by atoms with Gasteiger partial charge in [-0.1, -0.05) is 12.1 Å². The number of nitriles is 1. The number of nitrogens with one attached hydrogen (secondary N) is 1. The van der Waals surface area contributed by atoms with E-state index in [1.807, 2.05) is 6.07 Å². The van der Waals surface area contributed by atoms with Gasteiger partial charge in [0.25, 0.3) is 22.7 Å². The molecule has 2 aliphatic heterocycles. The maximum absolute atomic E-state index is 13.4. The Hall–Kier alpha value is -4.72. The topological polar surface area (TPSA) is 166 Å². The Morgan fingerprint density at radius 2 is 1.77 bits per heavy atom.